The third kappa shape index (κ3) is 3.83. The summed E-state index contributed by atoms with van der Waals surface area (Å²) in [6.07, 6.45) is 0.778. The zero-order valence-electron chi connectivity index (χ0n) is 15.2. The van der Waals surface area contributed by atoms with E-state index in [1.54, 1.807) is 0 Å². The number of nitrogens with zero attached hydrogens (tertiary/aromatic N) is 2. The van der Waals surface area contributed by atoms with Crippen molar-refractivity contribution in [2.75, 3.05) is 6.61 Å². The molecule has 0 amide bonds. The van der Waals surface area contributed by atoms with Crippen LogP contribution in [0.3, 0.4) is 0 Å². The summed E-state index contributed by atoms with van der Waals surface area (Å²) in [4.78, 5) is 4.55. The molecule has 140 valence electrons. The van der Waals surface area contributed by atoms with Crippen LogP contribution in [-0.4, -0.2) is 16.7 Å². The molecule has 27 heavy (non-hydrogen) atoms. The molecule has 1 saturated heterocycles. The van der Waals surface area contributed by atoms with Crippen LogP contribution in [0.25, 0.3) is 11.4 Å². The fraction of sp³-hybridized carbons (Fsp3) is 0.300. The van der Waals surface area contributed by atoms with Gasteiger partial charge < -0.3 is 9.26 Å². The molecule has 2 N–H and O–H groups in total. The van der Waals surface area contributed by atoms with Crippen molar-refractivity contribution in [3.63, 3.8) is 0 Å². The molecule has 2 heterocycles. The summed E-state index contributed by atoms with van der Waals surface area (Å²) in [6.45, 7) is 4.57. The summed E-state index contributed by atoms with van der Waals surface area (Å²) in [7, 11) is 0. The van der Waals surface area contributed by atoms with Crippen LogP contribution in [0.15, 0.2) is 47.0 Å². The monoisotopic (exact) mass is 384 g/mol. The molecule has 2 atom stereocenters. The molecule has 7 heteroatoms. The van der Waals surface area contributed by atoms with Crippen LogP contribution >= 0.6 is 11.6 Å². The second-order valence-corrected chi connectivity index (χ2v) is 6.98. The largest absolute Gasteiger partial charge is 0.492 e. The summed E-state index contributed by atoms with van der Waals surface area (Å²) in [5.74, 6) is 1.86. The molecule has 1 aromatic heterocycles. The van der Waals surface area contributed by atoms with Gasteiger partial charge in [0.25, 0.3) is 0 Å². The van der Waals surface area contributed by atoms with E-state index in [2.05, 4.69) is 21.0 Å². The maximum atomic E-state index is 6.31. The SMILES string of the molecule is CCOc1ccc(C2CC(c3nc(-c4ccc(C)cc4)no3)NN2)cc1Cl. The Morgan fingerprint density at radius 2 is 1.93 bits per heavy atom. The number of hydrazine groups is 1. The Morgan fingerprint density at radius 1 is 1.15 bits per heavy atom. The van der Waals surface area contributed by atoms with Gasteiger partial charge in [-0.3, -0.25) is 0 Å². The van der Waals surface area contributed by atoms with Crippen LogP contribution in [0.5, 0.6) is 5.75 Å². The molecule has 0 saturated carbocycles. The number of rotatable bonds is 5. The van der Waals surface area contributed by atoms with Crippen molar-refractivity contribution in [1.82, 2.24) is 21.0 Å². The second kappa shape index (κ2) is 7.68. The minimum Gasteiger partial charge on any atom is -0.492 e. The van der Waals surface area contributed by atoms with Gasteiger partial charge in [-0.1, -0.05) is 52.7 Å². The lowest BCUT2D eigenvalue weighted by atomic mass is 10.0. The fourth-order valence-corrected chi connectivity index (χ4v) is 3.38. The van der Waals surface area contributed by atoms with Crippen molar-refractivity contribution in [2.45, 2.75) is 32.4 Å². The summed E-state index contributed by atoms with van der Waals surface area (Å²) in [5.41, 5.74) is 9.73. The lowest BCUT2D eigenvalue weighted by Crippen LogP contribution is -2.26. The fourth-order valence-electron chi connectivity index (χ4n) is 3.14. The van der Waals surface area contributed by atoms with Crippen LogP contribution < -0.4 is 15.6 Å². The first-order chi connectivity index (χ1) is 13.1. The first kappa shape index (κ1) is 18.0. The predicted octanol–water partition coefficient (Wildman–Crippen LogP) is 4.38. The molecule has 0 spiro atoms. The molecule has 2 unspecified atom stereocenters. The minimum atomic E-state index is -0.0629. The Labute approximate surface area is 162 Å². The average molecular weight is 385 g/mol. The molecule has 0 radical (unpaired) electrons. The molecule has 3 aromatic rings. The zero-order valence-corrected chi connectivity index (χ0v) is 16.0. The number of aryl methyl sites for hydroxylation is 1. The lowest BCUT2D eigenvalue weighted by Gasteiger charge is -2.12. The quantitative estimate of drug-likeness (QED) is 0.680. The maximum absolute atomic E-state index is 6.31. The van der Waals surface area contributed by atoms with Crippen LogP contribution in [-0.2, 0) is 0 Å². The van der Waals surface area contributed by atoms with Crippen LogP contribution in [0.1, 0.15) is 42.4 Å². The van der Waals surface area contributed by atoms with E-state index in [4.69, 9.17) is 20.9 Å². The Morgan fingerprint density at radius 3 is 2.67 bits per heavy atom. The smallest absolute Gasteiger partial charge is 0.245 e. The van der Waals surface area contributed by atoms with Crippen molar-refractivity contribution in [1.29, 1.82) is 0 Å². The highest BCUT2D eigenvalue weighted by Crippen LogP contribution is 2.34. The summed E-state index contributed by atoms with van der Waals surface area (Å²) >= 11 is 6.31. The van der Waals surface area contributed by atoms with Crippen molar-refractivity contribution in [3.05, 3.63) is 64.5 Å². The van der Waals surface area contributed by atoms with E-state index in [1.165, 1.54) is 5.56 Å². The van der Waals surface area contributed by atoms with Gasteiger partial charge in [0.1, 0.15) is 11.8 Å². The molecule has 1 aliphatic rings. The Bertz CT molecular complexity index is 926. The van der Waals surface area contributed by atoms with Crippen molar-refractivity contribution in [3.8, 4) is 17.1 Å². The van der Waals surface area contributed by atoms with E-state index in [0.29, 0.717) is 29.1 Å². The van der Waals surface area contributed by atoms with Crippen LogP contribution in [0.2, 0.25) is 5.02 Å². The highest BCUT2D eigenvalue weighted by molar-refractivity contribution is 6.32. The number of aromatic nitrogens is 2. The van der Waals surface area contributed by atoms with Gasteiger partial charge in [0, 0.05) is 11.6 Å². The Balaban J connectivity index is 1.47. The number of hydrogen-bond donors (Lipinski definition) is 2. The molecule has 0 aliphatic carbocycles. The van der Waals surface area contributed by atoms with Gasteiger partial charge >= 0.3 is 0 Å². The van der Waals surface area contributed by atoms with E-state index in [-0.39, 0.29) is 12.1 Å². The summed E-state index contributed by atoms with van der Waals surface area (Å²) in [6, 6.07) is 13.9. The number of nitrogens with one attached hydrogen (secondary N) is 2. The Hall–Kier alpha value is -2.41. The summed E-state index contributed by atoms with van der Waals surface area (Å²) < 4.78 is 11.0. The predicted molar refractivity (Wildman–Crippen MR) is 103 cm³/mol. The van der Waals surface area contributed by atoms with Crippen LogP contribution in [0, 0.1) is 6.92 Å². The standard InChI is InChI=1S/C20H21ClN4O2/c1-3-26-18-9-8-14(10-15(18)21)16-11-17(24-23-16)20-22-19(25-27-20)13-6-4-12(2)5-7-13/h4-10,16-17,23-24H,3,11H2,1-2H3. The van der Waals surface area contributed by atoms with Gasteiger partial charge in [-0.05, 0) is 38.0 Å². The molecule has 2 aromatic carbocycles. The van der Waals surface area contributed by atoms with Crippen molar-refractivity contribution in [2.24, 2.45) is 0 Å². The Kier molecular flexibility index (Phi) is 5.11. The van der Waals surface area contributed by atoms with Gasteiger partial charge in [-0.2, -0.15) is 4.98 Å². The molecule has 1 fully saturated rings. The van der Waals surface area contributed by atoms with E-state index in [1.807, 2.05) is 56.3 Å². The van der Waals surface area contributed by atoms with Crippen molar-refractivity contribution >= 4 is 11.6 Å². The van der Waals surface area contributed by atoms with Gasteiger partial charge in [-0.25, -0.2) is 10.9 Å². The molecule has 0 bridgehead atoms. The van der Waals surface area contributed by atoms with E-state index in [9.17, 15) is 0 Å². The van der Waals surface area contributed by atoms with Gasteiger partial charge in [0.15, 0.2) is 0 Å². The second-order valence-electron chi connectivity index (χ2n) is 6.57. The van der Waals surface area contributed by atoms with E-state index < -0.39 is 0 Å². The van der Waals surface area contributed by atoms with E-state index >= 15 is 0 Å². The molecule has 4 rings (SSSR count). The van der Waals surface area contributed by atoms with Gasteiger partial charge in [0.2, 0.25) is 11.7 Å². The highest BCUT2D eigenvalue weighted by Gasteiger charge is 2.30. The van der Waals surface area contributed by atoms with Gasteiger partial charge in [-0.15, -0.1) is 0 Å². The average Bonchev–Trinajstić information content (AvgIpc) is 3.33. The summed E-state index contributed by atoms with van der Waals surface area (Å²) in [5, 5.41) is 4.72. The topological polar surface area (TPSA) is 72.2 Å². The number of hydrogen-bond acceptors (Lipinski definition) is 6. The normalized spacial score (nSPS) is 19.4. The first-order valence-corrected chi connectivity index (χ1v) is 9.35. The minimum absolute atomic E-state index is 0.0629. The first-order valence-electron chi connectivity index (χ1n) is 8.98. The third-order valence-electron chi connectivity index (χ3n) is 4.61. The molecule has 1 aliphatic heterocycles. The lowest BCUT2D eigenvalue weighted by molar-refractivity contribution is 0.339. The molecular weight excluding hydrogens is 364 g/mol. The van der Waals surface area contributed by atoms with E-state index in [0.717, 1.165) is 17.5 Å². The van der Waals surface area contributed by atoms with Crippen molar-refractivity contribution < 1.29 is 9.26 Å². The molecule has 6 nitrogen and oxygen atoms in total. The maximum Gasteiger partial charge on any atom is 0.245 e. The zero-order chi connectivity index (χ0) is 18.8. The number of benzene rings is 2. The molecular formula is C20H21ClN4O2. The number of ether oxygens (including phenoxy) is 1. The highest BCUT2D eigenvalue weighted by atomic mass is 35.5. The van der Waals surface area contributed by atoms with Crippen LogP contribution in [0.4, 0.5) is 0 Å². The van der Waals surface area contributed by atoms with Gasteiger partial charge in [0.05, 0.1) is 11.6 Å². The number of halogens is 1. The third-order valence-corrected chi connectivity index (χ3v) is 4.91.